The Labute approximate surface area is 166 Å². The topological polar surface area (TPSA) is 115 Å². The van der Waals surface area contributed by atoms with Crippen molar-refractivity contribution in [3.05, 3.63) is 65.5 Å². The van der Waals surface area contributed by atoms with E-state index in [1.165, 1.54) is 16.8 Å². The molecule has 0 saturated carbocycles. The van der Waals surface area contributed by atoms with Gasteiger partial charge in [0.1, 0.15) is 5.92 Å². The minimum absolute atomic E-state index is 0.111. The van der Waals surface area contributed by atoms with Crippen molar-refractivity contribution in [1.82, 2.24) is 0 Å². The zero-order valence-corrected chi connectivity index (χ0v) is 16.8. The van der Waals surface area contributed by atoms with Crippen molar-refractivity contribution in [2.45, 2.75) is 38.5 Å². The Balaban J connectivity index is 0.000000403. The number of nitrogens with zero attached hydrogens (tertiary/aromatic N) is 1. The molecule has 0 N–H and O–H groups in total. The van der Waals surface area contributed by atoms with Gasteiger partial charge in [-0.1, -0.05) is 37.3 Å². The molecule has 1 aromatic heterocycles. The lowest BCUT2D eigenvalue weighted by Crippen LogP contribution is -2.68. The molecule has 7 nitrogen and oxygen atoms in total. The monoisotopic (exact) mass is 409 g/mol. The molecule has 0 spiro atoms. The number of hydrogen-bond acceptors (Lipinski definition) is 6. The van der Waals surface area contributed by atoms with Crippen LogP contribution in [0.1, 0.15) is 49.6 Å². The van der Waals surface area contributed by atoms with Gasteiger partial charge in [0, 0.05) is 30.9 Å². The molecule has 8 heteroatoms. The van der Waals surface area contributed by atoms with Crippen molar-refractivity contribution in [3.8, 4) is 0 Å². The average molecular weight is 410 g/mol. The van der Waals surface area contributed by atoms with E-state index in [0.717, 1.165) is 0 Å². The number of rotatable bonds is 4. The van der Waals surface area contributed by atoms with E-state index in [-0.39, 0.29) is 17.9 Å². The number of aromatic nitrogens is 1. The summed E-state index contributed by atoms with van der Waals surface area (Å²) in [5.74, 6) is -0.217. The summed E-state index contributed by atoms with van der Waals surface area (Å²) in [5, 5.41) is 0. The molecular formula is C20H24ClNO6. The standard InChI is InChI=1S/C20H24NO2.ClHO4/c1-4-22-20(23-5-2)14(3)19-16-11-7-6-10-15(16)18(20)17-12-8-9-13-21(17)19;2-1(3,4)5/h6-14,18-19H,4-5H2,1-3H3;(H,2,3,4,5)/q+1;/p-1/t14-,18+,19-;/m1./s1. The van der Waals surface area contributed by atoms with Gasteiger partial charge in [0.25, 0.3) is 0 Å². The Morgan fingerprint density at radius 1 is 0.929 bits per heavy atom. The lowest BCUT2D eigenvalue weighted by molar-refractivity contribution is -2.00. The zero-order chi connectivity index (χ0) is 20.5. The van der Waals surface area contributed by atoms with Crippen molar-refractivity contribution in [3.63, 3.8) is 0 Å². The van der Waals surface area contributed by atoms with E-state index in [1.807, 2.05) is 0 Å². The molecule has 3 heterocycles. The normalized spacial score (nSPS) is 24.0. The van der Waals surface area contributed by atoms with Crippen molar-refractivity contribution in [2.75, 3.05) is 13.2 Å². The van der Waals surface area contributed by atoms with Gasteiger partial charge in [-0.3, -0.25) is 0 Å². The molecule has 2 aliphatic heterocycles. The number of hydrogen-bond donors (Lipinski definition) is 0. The third-order valence-corrected chi connectivity index (χ3v) is 5.39. The summed E-state index contributed by atoms with van der Waals surface area (Å²) in [6.07, 6.45) is 2.20. The highest BCUT2D eigenvalue weighted by atomic mass is 35.7. The Morgan fingerprint density at radius 3 is 2.04 bits per heavy atom. The number of ether oxygens (including phenoxy) is 2. The fraction of sp³-hybridized carbons (Fsp3) is 0.450. The fourth-order valence-electron chi connectivity index (χ4n) is 4.66. The molecule has 5 rings (SSSR count). The van der Waals surface area contributed by atoms with E-state index >= 15 is 0 Å². The lowest BCUT2D eigenvalue weighted by atomic mass is 9.65. The molecule has 3 aliphatic rings. The highest BCUT2D eigenvalue weighted by Crippen LogP contribution is 2.55. The first-order chi connectivity index (χ1) is 13.2. The molecule has 0 amide bonds. The van der Waals surface area contributed by atoms with Crippen LogP contribution < -0.4 is 23.2 Å². The van der Waals surface area contributed by atoms with Crippen LogP contribution in [0.3, 0.4) is 0 Å². The summed E-state index contributed by atoms with van der Waals surface area (Å²) in [6, 6.07) is 15.5. The van der Waals surface area contributed by atoms with Crippen LogP contribution in [-0.2, 0) is 9.47 Å². The minimum Gasteiger partial charge on any atom is -0.348 e. The summed E-state index contributed by atoms with van der Waals surface area (Å²) in [7, 11) is -4.94. The molecular weight excluding hydrogens is 386 g/mol. The van der Waals surface area contributed by atoms with Crippen LogP contribution in [0.4, 0.5) is 0 Å². The maximum Gasteiger partial charge on any atom is 0.194 e. The molecule has 0 saturated heterocycles. The van der Waals surface area contributed by atoms with E-state index in [9.17, 15) is 0 Å². The van der Waals surface area contributed by atoms with Gasteiger partial charge in [-0.15, -0.1) is 10.2 Å². The first-order valence-electron chi connectivity index (χ1n) is 9.23. The Morgan fingerprint density at radius 2 is 1.46 bits per heavy atom. The van der Waals surface area contributed by atoms with Gasteiger partial charge in [-0.2, -0.15) is 4.57 Å². The molecule has 0 unspecified atom stereocenters. The first kappa shape index (κ1) is 21.1. The zero-order valence-electron chi connectivity index (χ0n) is 16.0. The molecule has 3 atom stereocenters. The minimum atomic E-state index is -4.94. The quantitative estimate of drug-likeness (QED) is 0.456. The van der Waals surface area contributed by atoms with Crippen LogP contribution in [0.5, 0.6) is 0 Å². The summed E-state index contributed by atoms with van der Waals surface area (Å²) >= 11 is 0. The molecule has 2 aromatic rings. The highest BCUT2D eigenvalue weighted by Gasteiger charge is 2.64. The van der Waals surface area contributed by atoms with Crippen molar-refractivity contribution >= 4 is 0 Å². The van der Waals surface area contributed by atoms with Crippen molar-refractivity contribution in [2.24, 2.45) is 5.92 Å². The van der Waals surface area contributed by atoms with E-state index < -0.39 is 16.0 Å². The van der Waals surface area contributed by atoms with Crippen LogP contribution in [0.15, 0.2) is 48.7 Å². The van der Waals surface area contributed by atoms with Gasteiger partial charge in [0.2, 0.25) is 0 Å². The van der Waals surface area contributed by atoms with Gasteiger partial charge >= 0.3 is 0 Å². The van der Waals surface area contributed by atoms with Crippen LogP contribution in [-0.4, -0.2) is 19.0 Å². The van der Waals surface area contributed by atoms with Gasteiger partial charge in [-0.25, -0.2) is 18.6 Å². The Bertz CT molecular complexity index is 765. The lowest BCUT2D eigenvalue weighted by Gasteiger charge is -2.51. The van der Waals surface area contributed by atoms with Gasteiger partial charge < -0.3 is 9.47 Å². The van der Waals surface area contributed by atoms with Crippen LogP contribution in [0.25, 0.3) is 0 Å². The van der Waals surface area contributed by atoms with Crippen LogP contribution >= 0.6 is 0 Å². The second-order valence-corrected chi connectivity index (χ2v) is 7.55. The number of fused-ring (bicyclic) bond motifs is 1. The van der Waals surface area contributed by atoms with E-state index in [0.29, 0.717) is 13.2 Å². The first-order valence-corrected chi connectivity index (χ1v) is 10.5. The molecule has 152 valence electrons. The second kappa shape index (κ2) is 8.04. The SMILES string of the molecule is CCOC1(OCC)[C@H]2c3ccccc3[C@@H]([C@H]1C)[n+]1ccccc12.[O-][Cl+3]([O-])([O-])[O-]. The molecule has 1 aliphatic carbocycles. The third-order valence-electron chi connectivity index (χ3n) is 5.39. The molecule has 0 radical (unpaired) electrons. The summed E-state index contributed by atoms with van der Waals surface area (Å²) < 4.78 is 49.1. The van der Waals surface area contributed by atoms with Crippen LogP contribution in [0.2, 0.25) is 0 Å². The smallest absolute Gasteiger partial charge is 0.194 e. The highest BCUT2D eigenvalue weighted by molar-refractivity contribution is 5.44. The number of pyridine rings is 1. The number of halogens is 1. The summed E-state index contributed by atoms with van der Waals surface area (Å²) in [4.78, 5) is 0. The molecule has 1 aromatic carbocycles. The number of benzene rings is 1. The summed E-state index contributed by atoms with van der Waals surface area (Å²) in [5.41, 5.74) is 4.05. The predicted octanol–water partition coefficient (Wildman–Crippen LogP) is -1.33. The largest absolute Gasteiger partial charge is 0.348 e. The van der Waals surface area contributed by atoms with E-state index in [2.05, 4.69) is 74.0 Å². The van der Waals surface area contributed by atoms with E-state index in [1.54, 1.807) is 0 Å². The molecule has 0 fully saturated rings. The maximum atomic E-state index is 8.49. The Hall–Kier alpha value is -1.58. The van der Waals surface area contributed by atoms with Gasteiger partial charge in [0.15, 0.2) is 23.7 Å². The van der Waals surface area contributed by atoms with Gasteiger partial charge in [-0.05, 0) is 19.4 Å². The van der Waals surface area contributed by atoms with E-state index in [4.69, 9.17) is 28.1 Å². The average Bonchev–Trinajstić information content (AvgIpc) is 2.63. The second-order valence-electron chi connectivity index (χ2n) is 6.79. The van der Waals surface area contributed by atoms with Crippen LogP contribution in [0, 0.1) is 16.2 Å². The summed E-state index contributed by atoms with van der Waals surface area (Å²) in [6.45, 7) is 7.69. The molecule has 28 heavy (non-hydrogen) atoms. The van der Waals surface area contributed by atoms with Crippen molar-refractivity contribution < 1.29 is 42.9 Å². The fourth-order valence-corrected chi connectivity index (χ4v) is 4.66. The Kier molecular flexibility index (Phi) is 6.07. The molecule has 2 bridgehead atoms. The van der Waals surface area contributed by atoms with Crippen molar-refractivity contribution in [1.29, 1.82) is 0 Å². The van der Waals surface area contributed by atoms with Gasteiger partial charge in [0.05, 0.1) is 5.92 Å². The predicted molar refractivity (Wildman–Crippen MR) is 88.2 cm³/mol. The maximum absolute atomic E-state index is 8.49. The third kappa shape index (κ3) is 3.67.